The van der Waals surface area contributed by atoms with E-state index in [2.05, 4.69) is 4.36 Å². The SMILES string of the molecule is Cc1ccn(CC(=O)N=S(C)(=O)c2ccc(N(C)C)cc2)c(=O)c1. The number of aromatic nitrogens is 1. The van der Waals surface area contributed by atoms with Crippen molar-refractivity contribution in [2.75, 3.05) is 25.3 Å². The Morgan fingerprint density at radius 2 is 1.83 bits per heavy atom. The van der Waals surface area contributed by atoms with Crippen LogP contribution in [0.5, 0.6) is 0 Å². The highest BCUT2D eigenvalue weighted by Gasteiger charge is 2.11. The van der Waals surface area contributed by atoms with Gasteiger partial charge in [0.25, 0.3) is 11.5 Å². The molecule has 0 aliphatic carbocycles. The Morgan fingerprint density at radius 1 is 1.21 bits per heavy atom. The lowest BCUT2D eigenvalue weighted by atomic mass is 10.3. The van der Waals surface area contributed by atoms with Gasteiger partial charge in [0.2, 0.25) is 0 Å². The number of rotatable bonds is 4. The zero-order valence-electron chi connectivity index (χ0n) is 14.2. The van der Waals surface area contributed by atoms with Gasteiger partial charge in [-0.25, -0.2) is 4.21 Å². The van der Waals surface area contributed by atoms with Gasteiger partial charge in [0.05, 0.1) is 9.73 Å². The van der Waals surface area contributed by atoms with E-state index in [1.165, 1.54) is 23.1 Å². The number of amides is 1. The topological polar surface area (TPSA) is 71.7 Å². The maximum Gasteiger partial charge on any atom is 0.274 e. The third-order valence-electron chi connectivity index (χ3n) is 3.52. The zero-order valence-corrected chi connectivity index (χ0v) is 15.0. The van der Waals surface area contributed by atoms with E-state index < -0.39 is 15.6 Å². The predicted octanol–water partition coefficient (Wildman–Crippen LogP) is 1.91. The average molecular weight is 347 g/mol. The van der Waals surface area contributed by atoms with Crippen molar-refractivity contribution < 1.29 is 9.00 Å². The van der Waals surface area contributed by atoms with Gasteiger partial charge in [-0.05, 0) is 42.8 Å². The van der Waals surface area contributed by atoms with Crippen LogP contribution in [0, 0.1) is 6.92 Å². The summed E-state index contributed by atoms with van der Waals surface area (Å²) < 4.78 is 17.8. The summed E-state index contributed by atoms with van der Waals surface area (Å²) >= 11 is 0. The molecule has 0 saturated carbocycles. The predicted molar refractivity (Wildman–Crippen MR) is 96.0 cm³/mol. The monoisotopic (exact) mass is 347 g/mol. The van der Waals surface area contributed by atoms with E-state index in [4.69, 9.17) is 0 Å². The summed E-state index contributed by atoms with van der Waals surface area (Å²) in [5, 5.41) is 0. The van der Waals surface area contributed by atoms with Gasteiger partial charge >= 0.3 is 0 Å². The molecule has 0 spiro atoms. The van der Waals surface area contributed by atoms with Gasteiger partial charge in [-0.3, -0.25) is 9.59 Å². The highest BCUT2D eigenvalue weighted by Crippen LogP contribution is 2.17. The van der Waals surface area contributed by atoms with Gasteiger partial charge in [-0.1, -0.05) is 0 Å². The summed E-state index contributed by atoms with van der Waals surface area (Å²) in [6, 6.07) is 10.2. The molecule has 24 heavy (non-hydrogen) atoms. The molecule has 128 valence electrons. The van der Waals surface area contributed by atoms with Crippen LogP contribution in [0.15, 0.2) is 56.6 Å². The fourth-order valence-electron chi connectivity index (χ4n) is 2.16. The molecule has 0 fully saturated rings. The highest BCUT2D eigenvalue weighted by molar-refractivity contribution is 7.93. The molecular weight excluding hydrogens is 326 g/mol. The third kappa shape index (κ3) is 4.32. The van der Waals surface area contributed by atoms with Crippen LogP contribution in [0.4, 0.5) is 5.69 Å². The molecule has 1 heterocycles. The second-order valence-electron chi connectivity index (χ2n) is 5.85. The summed E-state index contributed by atoms with van der Waals surface area (Å²) in [5.41, 5.74) is 1.50. The number of carbonyl (C=O) groups is 1. The number of benzene rings is 1. The first-order chi connectivity index (χ1) is 11.2. The van der Waals surface area contributed by atoms with E-state index in [-0.39, 0.29) is 12.1 Å². The minimum Gasteiger partial charge on any atom is -0.378 e. The van der Waals surface area contributed by atoms with Crippen LogP contribution in [-0.4, -0.2) is 35.0 Å². The number of pyridine rings is 1. The Bertz CT molecular complexity index is 921. The zero-order chi connectivity index (χ0) is 17.9. The van der Waals surface area contributed by atoms with Gasteiger partial charge < -0.3 is 9.47 Å². The summed E-state index contributed by atoms with van der Waals surface area (Å²) in [4.78, 5) is 26.3. The fourth-order valence-corrected chi connectivity index (χ4v) is 3.35. The maximum atomic E-state index is 12.7. The second kappa shape index (κ2) is 7.00. The molecule has 0 saturated heterocycles. The van der Waals surface area contributed by atoms with Crippen LogP contribution < -0.4 is 10.5 Å². The Hall–Kier alpha value is -2.41. The normalized spacial score (nSPS) is 13.2. The van der Waals surface area contributed by atoms with Crippen molar-refractivity contribution in [2.24, 2.45) is 4.36 Å². The van der Waals surface area contributed by atoms with E-state index in [0.717, 1.165) is 11.3 Å². The summed E-state index contributed by atoms with van der Waals surface area (Å²) in [6.07, 6.45) is 2.96. The first kappa shape index (κ1) is 17.9. The van der Waals surface area contributed by atoms with Crippen LogP contribution in [-0.2, 0) is 21.1 Å². The quantitative estimate of drug-likeness (QED) is 0.847. The highest BCUT2D eigenvalue weighted by atomic mass is 32.2. The lowest BCUT2D eigenvalue weighted by Gasteiger charge is -2.13. The van der Waals surface area contributed by atoms with E-state index >= 15 is 0 Å². The minimum atomic E-state index is -2.85. The molecule has 0 radical (unpaired) electrons. The molecule has 0 aliphatic heterocycles. The Labute approximate surface area is 141 Å². The smallest absolute Gasteiger partial charge is 0.274 e. The molecule has 7 heteroatoms. The lowest BCUT2D eigenvalue weighted by molar-refractivity contribution is -0.118. The largest absolute Gasteiger partial charge is 0.378 e. The van der Waals surface area contributed by atoms with Crippen LogP contribution in [0.3, 0.4) is 0 Å². The van der Waals surface area contributed by atoms with Gasteiger partial charge in [0.15, 0.2) is 0 Å². The minimum absolute atomic E-state index is 0.222. The summed E-state index contributed by atoms with van der Waals surface area (Å²) in [5.74, 6) is -0.592. The average Bonchev–Trinajstić information content (AvgIpc) is 2.49. The number of nitrogens with zero attached hydrogens (tertiary/aromatic N) is 3. The molecule has 0 N–H and O–H groups in total. The van der Waals surface area contributed by atoms with E-state index in [1.54, 1.807) is 25.1 Å². The molecule has 6 nitrogen and oxygen atoms in total. The van der Waals surface area contributed by atoms with Crippen LogP contribution in [0.1, 0.15) is 5.56 Å². The maximum absolute atomic E-state index is 12.7. The molecule has 0 aliphatic rings. The van der Waals surface area contributed by atoms with Crippen molar-refractivity contribution in [3.63, 3.8) is 0 Å². The van der Waals surface area contributed by atoms with Crippen molar-refractivity contribution in [1.29, 1.82) is 0 Å². The van der Waals surface area contributed by atoms with E-state index in [0.29, 0.717) is 4.90 Å². The molecule has 1 unspecified atom stereocenters. The number of carbonyl (C=O) groups excluding carboxylic acids is 1. The Kier molecular flexibility index (Phi) is 5.23. The number of hydrogen-bond donors (Lipinski definition) is 0. The lowest BCUT2D eigenvalue weighted by Crippen LogP contribution is -2.23. The fraction of sp³-hybridized carbons (Fsp3) is 0.294. The summed E-state index contributed by atoms with van der Waals surface area (Å²) in [6.45, 7) is 1.58. The number of hydrogen-bond acceptors (Lipinski definition) is 4. The number of aryl methyl sites for hydroxylation is 1. The molecule has 1 aromatic heterocycles. The van der Waals surface area contributed by atoms with Crippen molar-refractivity contribution in [1.82, 2.24) is 4.57 Å². The number of anilines is 1. The molecule has 2 rings (SSSR count). The van der Waals surface area contributed by atoms with Crippen molar-refractivity contribution in [2.45, 2.75) is 18.4 Å². The third-order valence-corrected chi connectivity index (χ3v) is 5.22. The van der Waals surface area contributed by atoms with Gasteiger partial charge in [0.1, 0.15) is 6.54 Å². The van der Waals surface area contributed by atoms with Gasteiger partial charge in [-0.2, -0.15) is 4.36 Å². The molecule has 1 aromatic carbocycles. The second-order valence-corrected chi connectivity index (χ2v) is 8.11. The van der Waals surface area contributed by atoms with Gasteiger partial charge in [-0.15, -0.1) is 0 Å². The molecular formula is C17H21N3O3S. The molecule has 1 amide bonds. The van der Waals surface area contributed by atoms with Crippen molar-refractivity contribution >= 4 is 21.3 Å². The molecule has 0 bridgehead atoms. The van der Waals surface area contributed by atoms with Crippen LogP contribution >= 0.6 is 0 Å². The van der Waals surface area contributed by atoms with Crippen molar-refractivity contribution in [3.05, 3.63) is 58.5 Å². The van der Waals surface area contributed by atoms with Crippen LogP contribution in [0.25, 0.3) is 0 Å². The molecule has 2 aromatic rings. The first-order valence-electron chi connectivity index (χ1n) is 7.38. The Balaban J connectivity index is 2.25. The summed E-state index contributed by atoms with van der Waals surface area (Å²) in [7, 11) is 0.965. The van der Waals surface area contributed by atoms with E-state index in [9.17, 15) is 13.8 Å². The van der Waals surface area contributed by atoms with Crippen LogP contribution in [0.2, 0.25) is 0 Å². The van der Waals surface area contributed by atoms with Crippen molar-refractivity contribution in [3.8, 4) is 0 Å². The first-order valence-corrected chi connectivity index (χ1v) is 9.31. The Morgan fingerprint density at radius 3 is 2.38 bits per heavy atom. The van der Waals surface area contributed by atoms with E-state index in [1.807, 2.05) is 31.1 Å². The standard InChI is InChI=1S/C17H21N3O3S/c1-13-9-10-20(17(22)11-13)12-16(21)18-24(4,23)15-7-5-14(6-8-15)19(2)3/h5-11H,12H2,1-4H3. The molecule has 1 atom stereocenters. The van der Waals surface area contributed by atoms with Gasteiger partial charge in [0, 0.05) is 43.2 Å².